The summed E-state index contributed by atoms with van der Waals surface area (Å²) in [6.45, 7) is 3.76. The number of nitriles is 1. The van der Waals surface area contributed by atoms with E-state index in [4.69, 9.17) is 0 Å². The van der Waals surface area contributed by atoms with Crippen LogP contribution in [0.15, 0.2) is 94.9 Å². The predicted octanol–water partition coefficient (Wildman–Crippen LogP) is 5.49. The molecular weight excluding hydrogens is 418 g/mol. The zero-order chi connectivity index (χ0) is 22.7. The molecule has 0 N–H and O–H groups in total. The summed E-state index contributed by atoms with van der Waals surface area (Å²) in [6, 6.07) is 25.8. The highest BCUT2D eigenvalue weighted by molar-refractivity contribution is 7.95. The summed E-state index contributed by atoms with van der Waals surface area (Å²) >= 11 is 0. The van der Waals surface area contributed by atoms with Crippen LogP contribution >= 0.6 is 0 Å². The van der Waals surface area contributed by atoms with Crippen molar-refractivity contribution in [2.24, 2.45) is 0 Å². The molecule has 0 spiro atoms. The maximum Gasteiger partial charge on any atom is 0.216 e. The molecule has 1 aromatic heterocycles. The van der Waals surface area contributed by atoms with Crippen molar-refractivity contribution in [1.82, 2.24) is 9.78 Å². The van der Waals surface area contributed by atoms with E-state index in [9.17, 15) is 13.7 Å². The average Bonchev–Trinajstić information content (AvgIpc) is 3.24. The summed E-state index contributed by atoms with van der Waals surface area (Å²) in [5.74, 6) is 0. The fourth-order valence-electron chi connectivity index (χ4n) is 3.35. The van der Waals surface area contributed by atoms with E-state index in [1.807, 2.05) is 80.6 Å². The van der Waals surface area contributed by atoms with Crippen molar-refractivity contribution in [3.63, 3.8) is 0 Å². The number of nitrogens with zero attached hydrogens (tertiary/aromatic N) is 3. The van der Waals surface area contributed by atoms with E-state index in [0.717, 1.165) is 22.4 Å². The summed E-state index contributed by atoms with van der Waals surface area (Å²) in [6.07, 6.45) is 3.14. The zero-order valence-corrected chi connectivity index (χ0v) is 18.5. The topological polar surface area (TPSA) is 75.8 Å². The first kappa shape index (κ1) is 21.3. The van der Waals surface area contributed by atoms with Crippen LogP contribution in [-0.2, 0) is 9.84 Å². The number of rotatable bonds is 5. The lowest BCUT2D eigenvalue weighted by Crippen LogP contribution is -2.04. The molecule has 32 heavy (non-hydrogen) atoms. The summed E-state index contributed by atoms with van der Waals surface area (Å²) in [4.78, 5) is -0.226. The number of benzene rings is 3. The molecule has 6 heteroatoms. The van der Waals surface area contributed by atoms with Crippen molar-refractivity contribution in [3.8, 4) is 23.0 Å². The van der Waals surface area contributed by atoms with Crippen LogP contribution in [0.25, 0.3) is 23.0 Å². The van der Waals surface area contributed by atoms with E-state index in [1.165, 1.54) is 12.1 Å². The Morgan fingerprint density at radius 3 is 2.22 bits per heavy atom. The zero-order valence-electron chi connectivity index (χ0n) is 17.7. The van der Waals surface area contributed by atoms with Crippen molar-refractivity contribution in [2.45, 2.75) is 18.7 Å². The van der Waals surface area contributed by atoms with Crippen LogP contribution < -0.4 is 0 Å². The molecule has 3 aromatic carbocycles. The Hall–Kier alpha value is -3.95. The van der Waals surface area contributed by atoms with Gasteiger partial charge in [-0.2, -0.15) is 10.4 Å². The largest absolute Gasteiger partial charge is 0.240 e. The Balaban J connectivity index is 1.88. The second kappa shape index (κ2) is 8.66. The molecule has 1 heterocycles. The molecule has 0 aliphatic heterocycles. The van der Waals surface area contributed by atoms with E-state index < -0.39 is 9.84 Å². The Morgan fingerprint density at radius 2 is 1.59 bits per heavy atom. The number of hydrogen-bond donors (Lipinski definition) is 0. The fourth-order valence-corrected chi connectivity index (χ4v) is 4.58. The van der Waals surface area contributed by atoms with Crippen LogP contribution in [0.2, 0.25) is 0 Å². The third kappa shape index (κ3) is 4.11. The number of aromatic nitrogens is 2. The van der Waals surface area contributed by atoms with Gasteiger partial charge in [0.25, 0.3) is 0 Å². The van der Waals surface area contributed by atoms with E-state index in [0.29, 0.717) is 11.3 Å². The Morgan fingerprint density at radius 1 is 0.938 bits per heavy atom. The molecule has 0 bridgehead atoms. The molecule has 4 rings (SSSR count). The molecule has 5 nitrogen and oxygen atoms in total. The number of allylic oxidation sites excluding steroid dienone is 1. The molecule has 0 amide bonds. The maximum absolute atomic E-state index is 13.2. The van der Waals surface area contributed by atoms with Gasteiger partial charge in [0.15, 0.2) is 0 Å². The molecule has 0 radical (unpaired) electrons. The highest BCUT2D eigenvalue weighted by Crippen LogP contribution is 2.29. The van der Waals surface area contributed by atoms with Gasteiger partial charge in [-0.15, -0.1) is 0 Å². The van der Waals surface area contributed by atoms with Crippen LogP contribution in [0.4, 0.5) is 0 Å². The number of sulfone groups is 1. The van der Waals surface area contributed by atoms with Gasteiger partial charge >= 0.3 is 0 Å². The second-order valence-corrected chi connectivity index (χ2v) is 9.37. The first-order chi connectivity index (χ1) is 15.4. The summed E-state index contributed by atoms with van der Waals surface area (Å²) < 4.78 is 28.2. The predicted molar refractivity (Wildman–Crippen MR) is 126 cm³/mol. The summed E-state index contributed by atoms with van der Waals surface area (Å²) in [5.41, 5.74) is 4.64. The molecule has 0 atom stereocenters. The van der Waals surface area contributed by atoms with Gasteiger partial charge in [0, 0.05) is 17.3 Å². The van der Waals surface area contributed by atoms with Crippen LogP contribution in [0, 0.1) is 25.2 Å². The van der Waals surface area contributed by atoms with Gasteiger partial charge in [0.2, 0.25) is 9.84 Å². The Bertz CT molecular complexity index is 1450. The number of aryl methyl sites for hydroxylation is 2. The van der Waals surface area contributed by atoms with Gasteiger partial charge in [-0.1, -0.05) is 54.6 Å². The van der Waals surface area contributed by atoms with E-state index in [2.05, 4.69) is 5.10 Å². The molecule has 0 unspecified atom stereocenters. The molecular formula is C26H21N3O2S. The third-order valence-electron chi connectivity index (χ3n) is 5.29. The number of hydrogen-bond acceptors (Lipinski definition) is 4. The lowest BCUT2D eigenvalue weighted by molar-refractivity contribution is 0.603. The SMILES string of the molecule is Cc1ccc(S(=O)(=O)/C(C#N)=C/c2cn(-c3ccccc3)nc2-c2ccccc2)cc1C. The van der Waals surface area contributed by atoms with E-state index in [1.54, 1.807) is 23.0 Å². The van der Waals surface area contributed by atoms with Gasteiger partial charge in [-0.05, 0) is 55.3 Å². The molecule has 0 saturated heterocycles. The van der Waals surface area contributed by atoms with Crippen molar-refractivity contribution >= 4 is 15.9 Å². The van der Waals surface area contributed by atoms with Crippen molar-refractivity contribution in [2.75, 3.05) is 0 Å². The molecule has 0 fully saturated rings. The normalized spacial score (nSPS) is 11.8. The minimum Gasteiger partial charge on any atom is -0.240 e. The standard InChI is InChI=1S/C26H21N3O2S/c1-19-13-14-24(15-20(19)2)32(30,31)25(17-27)16-22-18-29(23-11-7-4-8-12-23)28-26(22)21-9-5-3-6-10-21/h3-16,18H,1-2H3/b25-16+. The lowest BCUT2D eigenvalue weighted by Gasteiger charge is -2.06. The van der Waals surface area contributed by atoms with Crippen LogP contribution in [-0.4, -0.2) is 18.2 Å². The minimum absolute atomic E-state index is 0.102. The smallest absolute Gasteiger partial charge is 0.216 e. The fraction of sp³-hybridized carbons (Fsp3) is 0.0769. The highest BCUT2D eigenvalue weighted by Gasteiger charge is 2.23. The second-order valence-electron chi connectivity index (χ2n) is 7.45. The summed E-state index contributed by atoms with van der Waals surface area (Å²) in [5, 5.41) is 14.5. The van der Waals surface area contributed by atoms with E-state index >= 15 is 0 Å². The van der Waals surface area contributed by atoms with Crippen LogP contribution in [0.5, 0.6) is 0 Å². The first-order valence-corrected chi connectivity index (χ1v) is 11.5. The first-order valence-electron chi connectivity index (χ1n) is 10.0. The Labute approximate surface area is 187 Å². The van der Waals surface area contributed by atoms with Gasteiger partial charge in [0.05, 0.1) is 10.6 Å². The van der Waals surface area contributed by atoms with Crippen molar-refractivity contribution in [3.05, 3.63) is 107 Å². The van der Waals surface area contributed by atoms with Gasteiger partial charge in [-0.3, -0.25) is 0 Å². The third-order valence-corrected chi connectivity index (χ3v) is 6.95. The van der Waals surface area contributed by atoms with Gasteiger partial charge in [-0.25, -0.2) is 13.1 Å². The minimum atomic E-state index is -3.98. The number of para-hydroxylation sites is 1. The average molecular weight is 440 g/mol. The molecule has 4 aromatic rings. The lowest BCUT2D eigenvalue weighted by atomic mass is 10.1. The monoisotopic (exact) mass is 439 g/mol. The molecule has 0 saturated carbocycles. The highest BCUT2D eigenvalue weighted by atomic mass is 32.2. The Kier molecular flexibility index (Phi) is 5.76. The van der Waals surface area contributed by atoms with Crippen molar-refractivity contribution < 1.29 is 8.42 Å². The van der Waals surface area contributed by atoms with Crippen LogP contribution in [0.3, 0.4) is 0 Å². The van der Waals surface area contributed by atoms with Crippen LogP contribution in [0.1, 0.15) is 16.7 Å². The molecule has 0 aliphatic rings. The van der Waals surface area contributed by atoms with Gasteiger partial charge in [0.1, 0.15) is 16.7 Å². The van der Waals surface area contributed by atoms with E-state index in [-0.39, 0.29) is 9.80 Å². The quantitative estimate of drug-likeness (QED) is 0.385. The summed E-state index contributed by atoms with van der Waals surface area (Å²) in [7, 11) is -3.98. The maximum atomic E-state index is 13.2. The van der Waals surface area contributed by atoms with Gasteiger partial charge < -0.3 is 0 Å². The van der Waals surface area contributed by atoms with Crippen molar-refractivity contribution in [1.29, 1.82) is 5.26 Å². The molecule has 0 aliphatic carbocycles. The molecule has 158 valence electrons.